The molecule has 1 heteroatoms. The van der Waals surface area contributed by atoms with Crippen LogP contribution in [-0.2, 0) is 0 Å². The Hall–Kier alpha value is -0.0400. The maximum Gasteiger partial charge on any atom is 0.00682 e. The van der Waals surface area contributed by atoms with Crippen LogP contribution in [0.5, 0.6) is 0 Å². The predicted molar refractivity (Wildman–Crippen MR) is 70.5 cm³/mol. The number of rotatable bonds is 5. The lowest BCUT2D eigenvalue weighted by Crippen LogP contribution is -2.32. The van der Waals surface area contributed by atoms with Crippen molar-refractivity contribution >= 4 is 0 Å². The van der Waals surface area contributed by atoms with Crippen molar-refractivity contribution in [2.24, 2.45) is 17.3 Å². The summed E-state index contributed by atoms with van der Waals surface area (Å²) in [6.07, 6.45) is 10.1. The lowest BCUT2D eigenvalue weighted by Gasteiger charge is -2.39. The minimum Gasteiger partial charge on any atom is -0.314 e. The Morgan fingerprint density at radius 3 is 2.50 bits per heavy atom. The van der Waals surface area contributed by atoms with Crippen LogP contribution in [0.3, 0.4) is 0 Å². The van der Waals surface area contributed by atoms with E-state index in [-0.39, 0.29) is 0 Å². The molecular weight excluding hydrogens is 194 g/mol. The summed E-state index contributed by atoms with van der Waals surface area (Å²) in [5.74, 6) is 1.94. The fraction of sp³-hybridized carbons (Fsp3) is 1.00. The van der Waals surface area contributed by atoms with Gasteiger partial charge in [0.25, 0.3) is 0 Å². The maximum atomic E-state index is 3.66. The summed E-state index contributed by atoms with van der Waals surface area (Å²) in [6.45, 7) is 8.65. The molecule has 2 fully saturated rings. The van der Waals surface area contributed by atoms with Gasteiger partial charge in [0.15, 0.2) is 0 Å². The van der Waals surface area contributed by atoms with Crippen LogP contribution in [0, 0.1) is 17.3 Å². The van der Waals surface area contributed by atoms with Gasteiger partial charge in [-0.05, 0) is 55.9 Å². The summed E-state index contributed by atoms with van der Waals surface area (Å²) in [5.41, 5.74) is 0.552. The van der Waals surface area contributed by atoms with Crippen molar-refractivity contribution in [3.63, 3.8) is 0 Å². The van der Waals surface area contributed by atoms with Crippen LogP contribution in [-0.4, -0.2) is 12.6 Å². The summed E-state index contributed by atoms with van der Waals surface area (Å²) < 4.78 is 0. The molecule has 0 aliphatic heterocycles. The first kappa shape index (κ1) is 12.4. The van der Waals surface area contributed by atoms with Crippen LogP contribution in [0.25, 0.3) is 0 Å². The normalized spacial score (nSPS) is 31.7. The summed E-state index contributed by atoms with van der Waals surface area (Å²) in [6, 6.07) is 0.876. The molecule has 0 aromatic rings. The van der Waals surface area contributed by atoms with Crippen molar-refractivity contribution in [1.82, 2.24) is 5.32 Å². The van der Waals surface area contributed by atoms with E-state index >= 15 is 0 Å². The zero-order valence-electron chi connectivity index (χ0n) is 11.4. The molecule has 0 bridgehead atoms. The van der Waals surface area contributed by atoms with Crippen LogP contribution in [0.4, 0.5) is 0 Å². The molecule has 0 spiro atoms. The monoisotopic (exact) mass is 223 g/mol. The summed E-state index contributed by atoms with van der Waals surface area (Å²) in [5, 5.41) is 3.66. The zero-order valence-corrected chi connectivity index (χ0v) is 11.4. The fourth-order valence-electron chi connectivity index (χ4n) is 3.23. The molecule has 2 aliphatic carbocycles. The first-order chi connectivity index (χ1) is 7.58. The van der Waals surface area contributed by atoms with Crippen molar-refractivity contribution in [2.75, 3.05) is 6.54 Å². The van der Waals surface area contributed by atoms with E-state index in [4.69, 9.17) is 0 Å². The molecule has 2 atom stereocenters. The van der Waals surface area contributed by atoms with Crippen molar-refractivity contribution < 1.29 is 0 Å². The van der Waals surface area contributed by atoms with E-state index in [1.807, 2.05) is 0 Å². The zero-order chi connectivity index (χ0) is 11.6. The molecule has 1 nitrogen and oxygen atoms in total. The first-order valence-electron chi connectivity index (χ1n) is 7.31. The van der Waals surface area contributed by atoms with E-state index in [0.29, 0.717) is 5.41 Å². The molecular formula is C15H29N. The highest BCUT2D eigenvalue weighted by molar-refractivity contribution is 4.86. The molecule has 0 radical (unpaired) electrons. The molecule has 0 saturated heterocycles. The van der Waals surface area contributed by atoms with E-state index in [9.17, 15) is 0 Å². The Bertz CT molecular complexity index is 217. The third kappa shape index (κ3) is 3.48. The van der Waals surface area contributed by atoms with Crippen LogP contribution in [0.15, 0.2) is 0 Å². The summed E-state index contributed by atoms with van der Waals surface area (Å²) >= 11 is 0. The molecule has 0 aromatic heterocycles. The first-order valence-corrected chi connectivity index (χ1v) is 7.31. The van der Waals surface area contributed by atoms with Crippen molar-refractivity contribution in [2.45, 2.75) is 71.8 Å². The lowest BCUT2D eigenvalue weighted by atomic mass is 9.67. The van der Waals surface area contributed by atoms with E-state index in [2.05, 4.69) is 26.1 Å². The van der Waals surface area contributed by atoms with Gasteiger partial charge in [0.1, 0.15) is 0 Å². The Balaban J connectivity index is 1.74. The number of hydrogen-bond donors (Lipinski definition) is 1. The van der Waals surface area contributed by atoms with Crippen LogP contribution in [0.2, 0.25) is 0 Å². The average Bonchev–Trinajstić information content (AvgIpc) is 3.01. The molecule has 2 unspecified atom stereocenters. The number of nitrogens with one attached hydrogen (secondary N) is 1. The molecule has 2 saturated carbocycles. The molecule has 0 aromatic carbocycles. The van der Waals surface area contributed by atoms with Crippen LogP contribution >= 0.6 is 0 Å². The molecule has 2 aliphatic rings. The Morgan fingerprint density at radius 1 is 1.12 bits per heavy atom. The highest BCUT2D eigenvalue weighted by Gasteiger charge is 2.32. The summed E-state index contributed by atoms with van der Waals surface area (Å²) in [4.78, 5) is 0. The molecule has 94 valence electrons. The smallest absolute Gasteiger partial charge is 0.00682 e. The van der Waals surface area contributed by atoms with Gasteiger partial charge in [-0.3, -0.25) is 0 Å². The van der Waals surface area contributed by atoms with Crippen molar-refractivity contribution in [1.29, 1.82) is 0 Å². The molecule has 16 heavy (non-hydrogen) atoms. The van der Waals surface area contributed by atoms with E-state index in [0.717, 1.165) is 17.9 Å². The average molecular weight is 223 g/mol. The third-order valence-corrected chi connectivity index (χ3v) is 4.82. The van der Waals surface area contributed by atoms with Gasteiger partial charge >= 0.3 is 0 Å². The Kier molecular flexibility index (Phi) is 3.94. The quantitative estimate of drug-likeness (QED) is 0.743. The second-order valence-electron chi connectivity index (χ2n) is 6.94. The molecule has 0 amide bonds. The van der Waals surface area contributed by atoms with Gasteiger partial charge in [0.05, 0.1) is 0 Å². The molecule has 1 N–H and O–H groups in total. The SMILES string of the molecule is CC1CCCC(C(C)(C)CCNC2CC2)C1. The third-order valence-electron chi connectivity index (χ3n) is 4.82. The van der Waals surface area contributed by atoms with Gasteiger partial charge in [-0.2, -0.15) is 0 Å². The van der Waals surface area contributed by atoms with Gasteiger partial charge in [-0.1, -0.05) is 33.6 Å². The van der Waals surface area contributed by atoms with Gasteiger partial charge in [-0.25, -0.2) is 0 Å². The number of hydrogen-bond acceptors (Lipinski definition) is 1. The summed E-state index contributed by atoms with van der Waals surface area (Å²) in [7, 11) is 0. The second-order valence-corrected chi connectivity index (χ2v) is 6.94. The highest BCUT2D eigenvalue weighted by Crippen LogP contribution is 2.42. The Labute approximate surface area is 101 Å². The standard InChI is InChI=1S/C15H29N/c1-12-5-4-6-13(11-12)15(2,3)9-10-16-14-7-8-14/h12-14,16H,4-11H2,1-3H3. The van der Waals surface area contributed by atoms with Gasteiger partial charge < -0.3 is 5.32 Å². The van der Waals surface area contributed by atoms with E-state index in [1.54, 1.807) is 0 Å². The highest BCUT2D eigenvalue weighted by atomic mass is 14.9. The lowest BCUT2D eigenvalue weighted by molar-refractivity contribution is 0.120. The minimum absolute atomic E-state index is 0.552. The fourth-order valence-corrected chi connectivity index (χ4v) is 3.23. The molecule has 2 rings (SSSR count). The van der Waals surface area contributed by atoms with Crippen molar-refractivity contribution in [3.05, 3.63) is 0 Å². The van der Waals surface area contributed by atoms with E-state index in [1.165, 1.54) is 51.5 Å². The van der Waals surface area contributed by atoms with Gasteiger partial charge in [-0.15, -0.1) is 0 Å². The predicted octanol–water partition coefficient (Wildman–Crippen LogP) is 3.98. The van der Waals surface area contributed by atoms with E-state index < -0.39 is 0 Å². The van der Waals surface area contributed by atoms with Crippen LogP contribution < -0.4 is 5.32 Å². The van der Waals surface area contributed by atoms with Crippen molar-refractivity contribution in [3.8, 4) is 0 Å². The molecule has 0 heterocycles. The maximum absolute atomic E-state index is 3.66. The second kappa shape index (κ2) is 5.08. The van der Waals surface area contributed by atoms with Gasteiger partial charge in [0.2, 0.25) is 0 Å². The van der Waals surface area contributed by atoms with Gasteiger partial charge in [0, 0.05) is 6.04 Å². The topological polar surface area (TPSA) is 12.0 Å². The van der Waals surface area contributed by atoms with Crippen LogP contribution in [0.1, 0.15) is 65.7 Å². The largest absolute Gasteiger partial charge is 0.314 e. The Morgan fingerprint density at radius 2 is 1.88 bits per heavy atom. The minimum atomic E-state index is 0.552.